The van der Waals surface area contributed by atoms with Crippen molar-refractivity contribution in [3.8, 4) is 0 Å². The molecule has 1 atom stereocenters. The van der Waals surface area contributed by atoms with Crippen LogP contribution in [0.4, 0.5) is 0 Å². The van der Waals surface area contributed by atoms with Crippen molar-refractivity contribution in [2.75, 3.05) is 7.11 Å². The molecule has 0 radical (unpaired) electrons. The molecule has 0 fully saturated rings. The second-order valence-electron chi connectivity index (χ2n) is 4.73. The Bertz CT molecular complexity index is 845. The fourth-order valence-electron chi connectivity index (χ4n) is 2.20. The highest BCUT2D eigenvalue weighted by molar-refractivity contribution is 6.03. The number of esters is 2. The first-order chi connectivity index (χ1) is 11.2. The zero-order chi connectivity index (χ0) is 16.2. The standard InChI is InChI=1S/C16H13N3O4/c1-22-16(21)14(11-5-3-7-17-8-11)23-15(20)12-6-2-4-10-9-18-19-13(10)12/h2-9,14H,1H3,(H,18,19)/t14-/m0/s1. The van der Waals surface area contributed by atoms with Crippen LogP contribution >= 0.6 is 0 Å². The molecule has 2 heterocycles. The van der Waals surface area contributed by atoms with Gasteiger partial charge in [0.15, 0.2) is 0 Å². The summed E-state index contributed by atoms with van der Waals surface area (Å²) in [6.07, 6.45) is 3.43. The summed E-state index contributed by atoms with van der Waals surface area (Å²) in [5.74, 6) is -1.33. The zero-order valence-corrected chi connectivity index (χ0v) is 12.2. The molecule has 0 spiro atoms. The summed E-state index contributed by atoms with van der Waals surface area (Å²) in [7, 11) is 1.23. The number of pyridine rings is 1. The molecule has 7 heteroatoms. The number of fused-ring (bicyclic) bond motifs is 1. The average molecular weight is 311 g/mol. The topological polar surface area (TPSA) is 94.2 Å². The van der Waals surface area contributed by atoms with Gasteiger partial charge in [-0.3, -0.25) is 10.1 Å². The molecule has 0 aliphatic rings. The molecule has 0 saturated carbocycles. The summed E-state index contributed by atoms with van der Waals surface area (Å²) in [6.45, 7) is 0. The molecule has 2 aromatic heterocycles. The summed E-state index contributed by atoms with van der Waals surface area (Å²) in [5, 5.41) is 7.42. The van der Waals surface area contributed by atoms with Crippen molar-refractivity contribution in [2.45, 2.75) is 6.10 Å². The molecule has 3 aromatic rings. The van der Waals surface area contributed by atoms with Crippen molar-refractivity contribution in [1.29, 1.82) is 0 Å². The molecule has 0 aliphatic heterocycles. The molecule has 0 unspecified atom stereocenters. The van der Waals surface area contributed by atoms with Crippen molar-refractivity contribution < 1.29 is 19.1 Å². The van der Waals surface area contributed by atoms with E-state index >= 15 is 0 Å². The van der Waals surface area contributed by atoms with Gasteiger partial charge in [0.05, 0.1) is 24.4 Å². The highest BCUT2D eigenvalue weighted by Gasteiger charge is 2.27. The van der Waals surface area contributed by atoms with Crippen LogP contribution in [0.1, 0.15) is 22.0 Å². The summed E-state index contributed by atoms with van der Waals surface area (Å²) < 4.78 is 10.1. The third-order valence-electron chi connectivity index (χ3n) is 3.32. The SMILES string of the molecule is COC(=O)[C@@H](OC(=O)c1cccc2cn[nH]c12)c1cccnc1. The molecule has 0 saturated heterocycles. The number of rotatable bonds is 4. The first-order valence-corrected chi connectivity index (χ1v) is 6.81. The van der Waals surface area contributed by atoms with Crippen LogP contribution in [0.3, 0.4) is 0 Å². The van der Waals surface area contributed by atoms with Gasteiger partial charge in [0, 0.05) is 23.3 Å². The molecule has 0 bridgehead atoms. The van der Waals surface area contributed by atoms with E-state index < -0.39 is 18.0 Å². The number of carbonyl (C=O) groups is 2. The Labute approximate surface area is 131 Å². The van der Waals surface area contributed by atoms with Crippen molar-refractivity contribution >= 4 is 22.8 Å². The number of para-hydroxylation sites is 1. The van der Waals surface area contributed by atoms with Crippen molar-refractivity contribution in [2.24, 2.45) is 0 Å². The van der Waals surface area contributed by atoms with Gasteiger partial charge in [-0.2, -0.15) is 5.10 Å². The van der Waals surface area contributed by atoms with Crippen LogP contribution in [0.5, 0.6) is 0 Å². The van der Waals surface area contributed by atoms with E-state index in [1.54, 1.807) is 36.7 Å². The van der Waals surface area contributed by atoms with Crippen molar-refractivity contribution in [3.05, 3.63) is 60.0 Å². The second-order valence-corrected chi connectivity index (χ2v) is 4.73. The summed E-state index contributed by atoms with van der Waals surface area (Å²) in [4.78, 5) is 28.3. The third-order valence-corrected chi connectivity index (χ3v) is 3.32. The van der Waals surface area contributed by atoms with E-state index in [1.807, 2.05) is 6.07 Å². The molecule has 0 amide bonds. The van der Waals surface area contributed by atoms with Gasteiger partial charge in [0.25, 0.3) is 0 Å². The van der Waals surface area contributed by atoms with Gasteiger partial charge in [0.2, 0.25) is 6.10 Å². The number of hydrogen-bond acceptors (Lipinski definition) is 6. The minimum atomic E-state index is -1.18. The number of methoxy groups -OCH3 is 1. The molecule has 1 aromatic carbocycles. The lowest BCUT2D eigenvalue weighted by Gasteiger charge is -2.15. The fourth-order valence-corrected chi connectivity index (χ4v) is 2.20. The normalized spacial score (nSPS) is 11.9. The molecular weight excluding hydrogens is 298 g/mol. The third kappa shape index (κ3) is 2.89. The monoisotopic (exact) mass is 311 g/mol. The number of carbonyl (C=O) groups excluding carboxylic acids is 2. The van der Waals surface area contributed by atoms with Gasteiger partial charge < -0.3 is 9.47 Å². The quantitative estimate of drug-likeness (QED) is 0.741. The highest BCUT2D eigenvalue weighted by atomic mass is 16.6. The van der Waals surface area contributed by atoms with Crippen LogP contribution < -0.4 is 0 Å². The maximum Gasteiger partial charge on any atom is 0.352 e. The summed E-state index contributed by atoms with van der Waals surface area (Å²) in [6, 6.07) is 8.41. The van der Waals surface area contributed by atoms with Crippen LogP contribution in [-0.2, 0) is 14.3 Å². The van der Waals surface area contributed by atoms with Crippen molar-refractivity contribution in [1.82, 2.24) is 15.2 Å². The number of benzene rings is 1. The Morgan fingerprint density at radius 2 is 2.04 bits per heavy atom. The first kappa shape index (κ1) is 14.7. The number of ether oxygens (including phenoxy) is 2. The summed E-state index contributed by atoms with van der Waals surface area (Å²) in [5.41, 5.74) is 1.27. The minimum Gasteiger partial charge on any atom is -0.466 e. The minimum absolute atomic E-state index is 0.290. The van der Waals surface area contributed by atoms with E-state index in [-0.39, 0.29) is 5.56 Å². The van der Waals surface area contributed by atoms with Crippen LogP contribution in [0, 0.1) is 0 Å². The van der Waals surface area contributed by atoms with Gasteiger partial charge >= 0.3 is 11.9 Å². The lowest BCUT2D eigenvalue weighted by Crippen LogP contribution is -2.21. The second kappa shape index (κ2) is 6.27. The van der Waals surface area contributed by atoms with Gasteiger partial charge in [-0.05, 0) is 12.1 Å². The fraction of sp³-hybridized carbons (Fsp3) is 0.125. The predicted molar refractivity (Wildman–Crippen MR) is 80.5 cm³/mol. The lowest BCUT2D eigenvalue weighted by atomic mass is 10.1. The molecule has 1 N–H and O–H groups in total. The Morgan fingerprint density at radius 1 is 1.17 bits per heavy atom. The van der Waals surface area contributed by atoms with Crippen LogP contribution in [0.15, 0.2) is 48.9 Å². The van der Waals surface area contributed by atoms with E-state index in [2.05, 4.69) is 15.2 Å². The van der Waals surface area contributed by atoms with E-state index in [9.17, 15) is 9.59 Å². The van der Waals surface area contributed by atoms with Crippen molar-refractivity contribution in [3.63, 3.8) is 0 Å². The van der Waals surface area contributed by atoms with E-state index in [0.29, 0.717) is 11.1 Å². The number of hydrogen-bond donors (Lipinski definition) is 1. The zero-order valence-electron chi connectivity index (χ0n) is 12.2. The Hall–Kier alpha value is -3.22. The Balaban J connectivity index is 1.92. The van der Waals surface area contributed by atoms with Gasteiger partial charge in [-0.1, -0.05) is 18.2 Å². The largest absolute Gasteiger partial charge is 0.466 e. The molecule has 0 aliphatic carbocycles. The number of H-pyrrole nitrogens is 1. The molecule has 7 nitrogen and oxygen atoms in total. The van der Waals surface area contributed by atoms with E-state index in [0.717, 1.165) is 5.39 Å². The summed E-state index contributed by atoms with van der Waals surface area (Å²) >= 11 is 0. The molecule has 23 heavy (non-hydrogen) atoms. The number of aromatic amines is 1. The van der Waals surface area contributed by atoms with Crippen LogP contribution in [-0.4, -0.2) is 34.2 Å². The highest BCUT2D eigenvalue weighted by Crippen LogP contribution is 2.22. The number of nitrogens with one attached hydrogen (secondary N) is 1. The van der Waals surface area contributed by atoms with E-state index in [1.165, 1.54) is 13.3 Å². The van der Waals surface area contributed by atoms with Gasteiger partial charge in [-0.15, -0.1) is 0 Å². The Morgan fingerprint density at radius 3 is 2.78 bits per heavy atom. The smallest absolute Gasteiger partial charge is 0.352 e. The predicted octanol–water partition coefficient (Wildman–Crippen LogP) is 2.03. The van der Waals surface area contributed by atoms with Crippen LogP contribution in [0.2, 0.25) is 0 Å². The molecule has 116 valence electrons. The van der Waals surface area contributed by atoms with Gasteiger partial charge in [-0.25, -0.2) is 9.59 Å². The number of nitrogens with zero attached hydrogens (tertiary/aromatic N) is 2. The number of aromatic nitrogens is 3. The Kier molecular flexibility index (Phi) is 4.01. The van der Waals surface area contributed by atoms with Gasteiger partial charge in [0.1, 0.15) is 0 Å². The maximum absolute atomic E-state index is 12.5. The molecular formula is C16H13N3O4. The first-order valence-electron chi connectivity index (χ1n) is 6.81. The average Bonchev–Trinajstić information content (AvgIpc) is 3.08. The lowest BCUT2D eigenvalue weighted by molar-refractivity contribution is -0.151. The van der Waals surface area contributed by atoms with Crippen LogP contribution in [0.25, 0.3) is 10.9 Å². The maximum atomic E-state index is 12.5. The van der Waals surface area contributed by atoms with E-state index in [4.69, 9.17) is 9.47 Å². The molecule has 3 rings (SSSR count).